The Morgan fingerprint density at radius 2 is 1.85 bits per heavy atom. The zero-order valence-corrected chi connectivity index (χ0v) is 11.2. The highest BCUT2D eigenvalue weighted by Crippen LogP contribution is 2.29. The minimum atomic E-state index is -0.0286. The maximum Gasteiger partial charge on any atom is 0.289 e. The number of hydrogen-bond acceptors (Lipinski definition) is 3. The fraction of sp³-hybridized carbons (Fsp3) is 0.312. The summed E-state index contributed by atoms with van der Waals surface area (Å²) in [7, 11) is 0. The zero-order chi connectivity index (χ0) is 13.9. The van der Waals surface area contributed by atoms with Gasteiger partial charge in [-0.3, -0.25) is 4.79 Å². The monoisotopic (exact) mass is 271 g/mol. The molecule has 1 aliphatic rings. The standard InChI is InChI=1S/C16H17NO3/c18-14-5-3-12(4-6-14)13-7-9-17(10-8-13)16(19)15-2-1-11-20-15/h1-6,11,13,18H,7-10H2. The number of likely N-dealkylation sites (tertiary alicyclic amines) is 1. The van der Waals surface area contributed by atoms with E-state index < -0.39 is 0 Å². The number of carbonyl (C=O) groups is 1. The molecule has 1 aromatic heterocycles. The van der Waals surface area contributed by atoms with Crippen molar-refractivity contribution in [3.8, 4) is 5.75 Å². The van der Waals surface area contributed by atoms with Crippen LogP contribution in [0.25, 0.3) is 0 Å². The molecule has 1 saturated heterocycles. The van der Waals surface area contributed by atoms with E-state index in [0.717, 1.165) is 25.9 Å². The van der Waals surface area contributed by atoms with Gasteiger partial charge in [-0.05, 0) is 48.6 Å². The molecule has 3 rings (SSSR count). The molecule has 0 aliphatic carbocycles. The molecule has 0 unspecified atom stereocenters. The Balaban J connectivity index is 1.62. The van der Waals surface area contributed by atoms with Crippen LogP contribution >= 0.6 is 0 Å². The van der Waals surface area contributed by atoms with Crippen LogP contribution in [0.1, 0.15) is 34.9 Å². The predicted octanol–water partition coefficient (Wildman–Crippen LogP) is 3.01. The van der Waals surface area contributed by atoms with Gasteiger partial charge in [-0.1, -0.05) is 12.1 Å². The largest absolute Gasteiger partial charge is 0.508 e. The molecule has 1 N–H and O–H groups in total. The van der Waals surface area contributed by atoms with Crippen LogP contribution in [-0.2, 0) is 0 Å². The number of carbonyl (C=O) groups excluding carboxylic acids is 1. The van der Waals surface area contributed by atoms with Crippen molar-refractivity contribution >= 4 is 5.91 Å². The van der Waals surface area contributed by atoms with E-state index in [4.69, 9.17) is 4.42 Å². The number of benzene rings is 1. The first-order valence-electron chi connectivity index (χ1n) is 6.86. The summed E-state index contributed by atoms with van der Waals surface area (Å²) in [6.45, 7) is 1.48. The van der Waals surface area contributed by atoms with Crippen LogP contribution in [0.4, 0.5) is 0 Å². The second-order valence-electron chi connectivity index (χ2n) is 5.14. The molecular formula is C16H17NO3. The summed E-state index contributed by atoms with van der Waals surface area (Å²) >= 11 is 0. The Bertz CT molecular complexity index is 566. The summed E-state index contributed by atoms with van der Waals surface area (Å²) in [5, 5.41) is 9.31. The first-order chi connectivity index (χ1) is 9.74. The average molecular weight is 271 g/mol. The molecule has 2 aromatic rings. The lowest BCUT2D eigenvalue weighted by molar-refractivity contribution is 0.0681. The fourth-order valence-corrected chi connectivity index (χ4v) is 2.72. The van der Waals surface area contributed by atoms with E-state index in [2.05, 4.69) is 0 Å². The molecule has 20 heavy (non-hydrogen) atoms. The first-order valence-corrected chi connectivity index (χ1v) is 6.86. The molecule has 104 valence electrons. The minimum absolute atomic E-state index is 0.0286. The third kappa shape index (κ3) is 2.54. The van der Waals surface area contributed by atoms with Crippen LogP contribution in [0, 0.1) is 0 Å². The van der Waals surface area contributed by atoms with Crippen molar-refractivity contribution in [3.63, 3.8) is 0 Å². The summed E-state index contributed by atoms with van der Waals surface area (Å²) < 4.78 is 5.15. The highest BCUT2D eigenvalue weighted by molar-refractivity contribution is 5.91. The van der Waals surface area contributed by atoms with E-state index in [9.17, 15) is 9.90 Å². The number of phenolic OH excluding ortho intramolecular Hbond substituents is 1. The van der Waals surface area contributed by atoms with E-state index >= 15 is 0 Å². The van der Waals surface area contributed by atoms with Gasteiger partial charge >= 0.3 is 0 Å². The van der Waals surface area contributed by atoms with Crippen molar-refractivity contribution in [2.75, 3.05) is 13.1 Å². The molecule has 2 heterocycles. The lowest BCUT2D eigenvalue weighted by Crippen LogP contribution is -2.37. The molecule has 1 amide bonds. The summed E-state index contributed by atoms with van der Waals surface area (Å²) in [5.74, 6) is 1.13. The van der Waals surface area contributed by atoms with Gasteiger partial charge < -0.3 is 14.4 Å². The van der Waals surface area contributed by atoms with Crippen molar-refractivity contribution in [3.05, 3.63) is 54.0 Å². The van der Waals surface area contributed by atoms with Crippen LogP contribution < -0.4 is 0 Å². The number of phenols is 1. The van der Waals surface area contributed by atoms with Gasteiger partial charge in [0.1, 0.15) is 5.75 Å². The molecule has 4 heteroatoms. The SMILES string of the molecule is O=C(c1ccco1)N1CCC(c2ccc(O)cc2)CC1. The molecule has 4 nitrogen and oxygen atoms in total. The van der Waals surface area contributed by atoms with Crippen LogP contribution in [-0.4, -0.2) is 29.0 Å². The van der Waals surface area contributed by atoms with E-state index in [1.165, 1.54) is 11.8 Å². The van der Waals surface area contributed by atoms with Gasteiger partial charge in [0.2, 0.25) is 0 Å². The van der Waals surface area contributed by atoms with Crippen LogP contribution in [0.15, 0.2) is 47.1 Å². The molecule has 1 aromatic carbocycles. The lowest BCUT2D eigenvalue weighted by Gasteiger charge is -2.31. The van der Waals surface area contributed by atoms with Crippen molar-refractivity contribution < 1.29 is 14.3 Å². The molecular weight excluding hydrogens is 254 g/mol. The number of rotatable bonds is 2. The van der Waals surface area contributed by atoms with Crippen molar-refractivity contribution in [2.24, 2.45) is 0 Å². The van der Waals surface area contributed by atoms with Gasteiger partial charge in [0, 0.05) is 13.1 Å². The Morgan fingerprint density at radius 1 is 1.15 bits per heavy atom. The average Bonchev–Trinajstić information content (AvgIpc) is 3.02. The number of furan rings is 1. The first kappa shape index (κ1) is 12.8. The Labute approximate surface area is 117 Å². The fourth-order valence-electron chi connectivity index (χ4n) is 2.72. The van der Waals surface area contributed by atoms with Gasteiger partial charge in [-0.15, -0.1) is 0 Å². The molecule has 0 spiro atoms. The zero-order valence-electron chi connectivity index (χ0n) is 11.2. The number of aromatic hydroxyl groups is 1. The maximum absolute atomic E-state index is 12.1. The Kier molecular flexibility index (Phi) is 3.46. The van der Waals surface area contributed by atoms with Crippen LogP contribution in [0.5, 0.6) is 5.75 Å². The Hall–Kier alpha value is -2.23. The molecule has 1 fully saturated rings. The Morgan fingerprint density at radius 3 is 2.45 bits per heavy atom. The van der Waals surface area contributed by atoms with Crippen LogP contribution in [0.2, 0.25) is 0 Å². The smallest absolute Gasteiger partial charge is 0.289 e. The third-order valence-corrected chi connectivity index (χ3v) is 3.88. The lowest BCUT2D eigenvalue weighted by atomic mass is 9.89. The number of hydrogen-bond donors (Lipinski definition) is 1. The van der Waals surface area contributed by atoms with Crippen molar-refractivity contribution in [2.45, 2.75) is 18.8 Å². The van der Waals surface area contributed by atoms with Gasteiger partial charge in [0.05, 0.1) is 6.26 Å². The quantitative estimate of drug-likeness (QED) is 0.913. The number of nitrogens with zero attached hydrogens (tertiary/aromatic N) is 1. The molecule has 1 aliphatic heterocycles. The van der Waals surface area contributed by atoms with Gasteiger partial charge in [-0.2, -0.15) is 0 Å². The van der Waals surface area contributed by atoms with E-state index in [-0.39, 0.29) is 5.91 Å². The third-order valence-electron chi connectivity index (χ3n) is 3.88. The normalized spacial score (nSPS) is 16.3. The summed E-state index contributed by atoms with van der Waals surface area (Å²) in [5.41, 5.74) is 1.23. The molecule has 0 atom stereocenters. The number of amides is 1. The minimum Gasteiger partial charge on any atom is -0.508 e. The summed E-state index contributed by atoms with van der Waals surface area (Å²) in [6, 6.07) is 10.8. The molecule has 0 radical (unpaired) electrons. The molecule has 0 bridgehead atoms. The second kappa shape index (κ2) is 5.41. The second-order valence-corrected chi connectivity index (χ2v) is 5.14. The highest BCUT2D eigenvalue weighted by atomic mass is 16.3. The van der Waals surface area contributed by atoms with E-state index in [1.807, 2.05) is 17.0 Å². The topological polar surface area (TPSA) is 53.7 Å². The van der Waals surface area contributed by atoms with Crippen molar-refractivity contribution in [1.29, 1.82) is 0 Å². The number of piperidine rings is 1. The maximum atomic E-state index is 12.1. The highest BCUT2D eigenvalue weighted by Gasteiger charge is 2.25. The van der Waals surface area contributed by atoms with Gasteiger partial charge in [0.15, 0.2) is 5.76 Å². The van der Waals surface area contributed by atoms with Crippen molar-refractivity contribution in [1.82, 2.24) is 4.90 Å². The van der Waals surface area contributed by atoms with Gasteiger partial charge in [0.25, 0.3) is 5.91 Å². The molecule has 0 saturated carbocycles. The van der Waals surface area contributed by atoms with E-state index in [1.54, 1.807) is 24.3 Å². The summed E-state index contributed by atoms with van der Waals surface area (Å²) in [4.78, 5) is 14.0. The van der Waals surface area contributed by atoms with Gasteiger partial charge in [-0.25, -0.2) is 0 Å². The van der Waals surface area contributed by atoms with Crippen LogP contribution in [0.3, 0.4) is 0 Å². The van der Waals surface area contributed by atoms with E-state index in [0.29, 0.717) is 17.4 Å². The predicted molar refractivity (Wildman–Crippen MR) is 74.7 cm³/mol. The summed E-state index contributed by atoms with van der Waals surface area (Å²) in [6.07, 6.45) is 3.41.